The Morgan fingerprint density at radius 1 is 1.47 bits per heavy atom. The Morgan fingerprint density at radius 2 is 2.18 bits per heavy atom. The van der Waals surface area contributed by atoms with Crippen LogP contribution in [0, 0.1) is 22.5 Å². The smallest absolute Gasteiger partial charge is 0.274 e. The molecule has 4 heteroatoms. The van der Waals surface area contributed by atoms with Crippen molar-refractivity contribution >= 4 is 11.4 Å². The molecule has 17 heavy (non-hydrogen) atoms. The maximum atomic E-state index is 10.8. The number of hydrogen-bond donors (Lipinski definition) is 1. The van der Waals surface area contributed by atoms with Gasteiger partial charge in [0.25, 0.3) is 5.69 Å². The molecule has 0 spiro atoms. The predicted octanol–water partition coefficient (Wildman–Crippen LogP) is 3.51. The van der Waals surface area contributed by atoms with Crippen LogP contribution in [0.2, 0.25) is 0 Å². The van der Waals surface area contributed by atoms with Crippen LogP contribution in [-0.4, -0.2) is 11.5 Å². The van der Waals surface area contributed by atoms with Gasteiger partial charge in [-0.2, -0.15) is 0 Å². The summed E-state index contributed by atoms with van der Waals surface area (Å²) < 4.78 is 0. The zero-order chi connectivity index (χ0) is 12.5. The van der Waals surface area contributed by atoms with Gasteiger partial charge in [-0.1, -0.05) is 19.4 Å². The van der Waals surface area contributed by atoms with Gasteiger partial charge in [-0.25, -0.2) is 0 Å². The van der Waals surface area contributed by atoms with Crippen LogP contribution in [0.5, 0.6) is 0 Å². The minimum absolute atomic E-state index is 0.189. The molecular formula is C13H18N2O2. The molecule has 0 saturated heterocycles. The molecule has 1 aromatic rings. The molecule has 1 fully saturated rings. The van der Waals surface area contributed by atoms with Crippen molar-refractivity contribution in [1.82, 2.24) is 0 Å². The number of nitro groups is 1. The van der Waals surface area contributed by atoms with E-state index in [1.54, 1.807) is 19.1 Å². The molecule has 0 unspecified atom stereocenters. The minimum atomic E-state index is -0.328. The zero-order valence-electron chi connectivity index (χ0n) is 10.3. The Kier molecular flexibility index (Phi) is 3.05. The molecule has 0 bridgehead atoms. The Balaban J connectivity index is 2.06. The van der Waals surface area contributed by atoms with E-state index in [4.69, 9.17) is 0 Å². The number of nitro benzene ring substituents is 1. The van der Waals surface area contributed by atoms with Gasteiger partial charge in [0.15, 0.2) is 0 Å². The number of nitrogens with one attached hydrogen (secondary N) is 1. The summed E-state index contributed by atoms with van der Waals surface area (Å²) in [6.45, 7) is 4.91. The highest BCUT2D eigenvalue weighted by molar-refractivity contribution is 5.54. The van der Waals surface area contributed by atoms with Crippen molar-refractivity contribution in [2.75, 3.05) is 11.9 Å². The average Bonchev–Trinajstić information content (AvgIpc) is 2.25. The third-order valence-corrected chi connectivity index (χ3v) is 3.69. The summed E-state index contributed by atoms with van der Waals surface area (Å²) in [6.07, 6.45) is 3.79. The van der Waals surface area contributed by atoms with Gasteiger partial charge in [-0.3, -0.25) is 10.1 Å². The van der Waals surface area contributed by atoms with Crippen molar-refractivity contribution in [1.29, 1.82) is 0 Å². The summed E-state index contributed by atoms with van der Waals surface area (Å²) in [7, 11) is 0. The topological polar surface area (TPSA) is 55.2 Å². The minimum Gasteiger partial charge on any atom is -0.384 e. The lowest BCUT2D eigenvalue weighted by molar-refractivity contribution is -0.385. The fourth-order valence-corrected chi connectivity index (χ4v) is 2.19. The lowest BCUT2D eigenvalue weighted by Gasteiger charge is -2.38. The summed E-state index contributed by atoms with van der Waals surface area (Å²) in [4.78, 5) is 10.5. The number of anilines is 1. The van der Waals surface area contributed by atoms with Gasteiger partial charge in [0.2, 0.25) is 0 Å². The van der Waals surface area contributed by atoms with Crippen LogP contribution in [0.25, 0.3) is 0 Å². The van der Waals surface area contributed by atoms with E-state index in [2.05, 4.69) is 12.2 Å². The molecule has 0 atom stereocenters. The Hall–Kier alpha value is -1.58. The summed E-state index contributed by atoms with van der Waals surface area (Å²) in [5.41, 5.74) is 2.11. The summed E-state index contributed by atoms with van der Waals surface area (Å²) in [5.74, 6) is 0. The van der Waals surface area contributed by atoms with Crippen molar-refractivity contribution in [3.63, 3.8) is 0 Å². The number of hydrogen-bond acceptors (Lipinski definition) is 3. The molecule has 0 radical (unpaired) electrons. The van der Waals surface area contributed by atoms with Crippen LogP contribution < -0.4 is 5.32 Å². The standard InChI is InChI=1S/C13H18N2O2/c1-10-4-5-11(8-12(10)15(16)17)14-9-13(2)6-3-7-13/h4-5,8,14H,3,6-7,9H2,1-2H3. The largest absolute Gasteiger partial charge is 0.384 e. The highest BCUT2D eigenvalue weighted by atomic mass is 16.6. The van der Waals surface area contributed by atoms with E-state index in [-0.39, 0.29) is 10.6 Å². The molecule has 1 N–H and O–H groups in total. The maximum Gasteiger partial charge on any atom is 0.274 e. The predicted molar refractivity (Wildman–Crippen MR) is 68.3 cm³/mol. The summed E-state index contributed by atoms with van der Waals surface area (Å²) in [6, 6.07) is 5.32. The molecule has 1 aliphatic rings. The lowest BCUT2D eigenvalue weighted by atomic mass is 9.70. The molecule has 2 rings (SSSR count). The highest BCUT2D eigenvalue weighted by Gasteiger charge is 2.31. The molecule has 0 amide bonds. The second-order valence-corrected chi connectivity index (χ2v) is 5.28. The average molecular weight is 234 g/mol. The van der Waals surface area contributed by atoms with E-state index < -0.39 is 0 Å². The monoisotopic (exact) mass is 234 g/mol. The molecule has 0 heterocycles. The first-order valence-corrected chi connectivity index (χ1v) is 5.99. The van der Waals surface area contributed by atoms with Crippen LogP contribution in [0.1, 0.15) is 31.7 Å². The van der Waals surface area contributed by atoms with Gasteiger partial charge in [-0.05, 0) is 31.2 Å². The molecule has 0 aromatic heterocycles. The van der Waals surface area contributed by atoms with Crippen LogP contribution in [0.3, 0.4) is 0 Å². The second kappa shape index (κ2) is 4.35. The summed E-state index contributed by atoms with van der Waals surface area (Å²) >= 11 is 0. The second-order valence-electron chi connectivity index (χ2n) is 5.28. The van der Waals surface area contributed by atoms with Crippen LogP contribution in [0.4, 0.5) is 11.4 Å². The van der Waals surface area contributed by atoms with E-state index in [0.29, 0.717) is 11.0 Å². The quantitative estimate of drug-likeness (QED) is 0.640. The fraction of sp³-hybridized carbons (Fsp3) is 0.538. The van der Waals surface area contributed by atoms with Gasteiger partial charge >= 0.3 is 0 Å². The van der Waals surface area contributed by atoms with Crippen LogP contribution >= 0.6 is 0 Å². The molecule has 1 aliphatic carbocycles. The van der Waals surface area contributed by atoms with E-state index >= 15 is 0 Å². The molecule has 0 aliphatic heterocycles. The van der Waals surface area contributed by atoms with Crippen molar-refractivity contribution in [3.8, 4) is 0 Å². The van der Waals surface area contributed by atoms with Gasteiger partial charge < -0.3 is 5.32 Å². The number of nitrogens with zero attached hydrogens (tertiary/aromatic N) is 1. The number of rotatable bonds is 4. The van der Waals surface area contributed by atoms with Crippen molar-refractivity contribution in [3.05, 3.63) is 33.9 Å². The Morgan fingerprint density at radius 3 is 2.71 bits per heavy atom. The van der Waals surface area contributed by atoms with Gasteiger partial charge in [-0.15, -0.1) is 0 Å². The Labute approximate surface area is 101 Å². The summed E-state index contributed by atoms with van der Waals surface area (Å²) in [5, 5.41) is 14.1. The molecule has 92 valence electrons. The lowest BCUT2D eigenvalue weighted by Crippen LogP contribution is -2.33. The SMILES string of the molecule is Cc1ccc(NCC2(C)CCC2)cc1[N+](=O)[O-]. The van der Waals surface area contributed by atoms with Gasteiger partial charge in [0.05, 0.1) is 4.92 Å². The van der Waals surface area contributed by atoms with E-state index in [9.17, 15) is 10.1 Å². The van der Waals surface area contributed by atoms with Crippen molar-refractivity contribution in [2.24, 2.45) is 5.41 Å². The number of aryl methyl sites for hydroxylation is 1. The molecule has 4 nitrogen and oxygen atoms in total. The highest BCUT2D eigenvalue weighted by Crippen LogP contribution is 2.40. The molecule has 1 aromatic carbocycles. The van der Waals surface area contributed by atoms with Crippen molar-refractivity contribution < 1.29 is 4.92 Å². The van der Waals surface area contributed by atoms with Crippen LogP contribution in [0.15, 0.2) is 18.2 Å². The molecule has 1 saturated carbocycles. The van der Waals surface area contributed by atoms with Gasteiger partial charge in [0, 0.05) is 23.9 Å². The van der Waals surface area contributed by atoms with E-state index in [1.807, 2.05) is 6.07 Å². The van der Waals surface area contributed by atoms with Gasteiger partial charge in [0.1, 0.15) is 0 Å². The normalized spacial score (nSPS) is 17.3. The molecular weight excluding hydrogens is 216 g/mol. The third kappa shape index (κ3) is 2.57. The number of benzene rings is 1. The fourth-order valence-electron chi connectivity index (χ4n) is 2.19. The first-order valence-electron chi connectivity index (χ1n) is 5.99. The van der Waals surface area contributed by atoms with Crippen molar-refractivity contribution in [2.45, 2.75) is 33.1 Å². The van der Waals surface area contributed by atoms with Crippen LogP contribution in [-0.2, 0) is 0 Å². The first kappa shape index (κ1) is 11.9. The van der Waals surface area contributed by atoms with E-state index in [1.165, 1.54) is 19.3 Å². The maximum absolute atomic E-state index is 10.8. The Bertz CT molecular complexity index is 439. The zero-order valence-corrected chi connectivity index (χ0v) is 10.3. The third-order valence-electron chi connectivity index (χ3n) is 3.69. The van der Waals surface area contributed by atoms with E-state index in [0.717, 1.165) is 12.2 Å². The first-order chi connectivity index (χ1) is 8.00.